The molecule has 5 heteroatoms. The van der Waals surface area contributed by atoms with Gasteiger partial charge < -0.3 is 15.6 Å². The summed E-state index contributed by atoms with van der Waals surface area (Å²) in [6.07, 6.45) is 6.23. The van der Waals surface area contributed by atoms with Crippen molar-refractivity contribution in [2.24, 2.45) is 5.73 Å². The van der Waals surface area contributed by atoms with Gasteiger partial charge in [0.05, 0.1) is 6.20 Å². The van der Waals surface area contributed by atoms with Crippen LogP contribution in [0.3, 0.4) is 0 Å². The standard InChI is InChI=1S/C9H15N3O2/c10-5-3-1-2-4-9(13)12-8-6-11-14-7-8/h6-7H,1-5,10H2,(H,12,13). The van der Waals surface area contributed by atoms with Crippen molar-refractivity contribution in [1.82, 2.24) is 5.16 Å². The van der Waals surface area contributed by atoms with Crippen molar-refractivity contribution in [2.45, 2.75) is 25.7 Å². The van der Waals surface area contributed by atoms with Gasteiger partial charge in [0.25, 0.3) is 0 Å². The average Bonchev–Trinajstić information content (AvgIpc) is 2.65. The summed E-state index contributed by atoms with van der Waals surface area (Å²) >= 11 is 0. The molecule has 0 radical (unpaired) electrons. The third-order valence-electron chi connectivity index (χ3n) is 1.82. The van der Waals surface area contributed by atoms with E-state index in [1.807, 2.05) is 0 Å². The fourth-order valence-electron chi connectivity index (χ4n) is 1.10. The Labute approximate surface area is 82.6 Å². The van der Waals surface area contributed by atoms with Gasteiger partial charge in [-0.05, 0) is 19.4 Å². The lowest BCUT2D eigenvalue weighted by molar-refractivity contribution is -0.116. The van der Waals surface area contributed by atoms with Crippen LogP contribution in [-0.2, 0) is 4.79 Å². The Bertz CT molecular complexity index is 259. The Morgan fingerprint density at radius 3 is 3.00 bits per heavy atom. The summed E-state index contributed by atoms with van der Waals surface area (Å²) < 4.78 is 4.58. The number of hydrogen-bond donors (Lipinski definition) is 2. The number of carbonyl (C=O) groups excluding carboxylic acids is 1. The number of carbonyl (C=O) groups is 1. The molecule has 0 spiro atoms. The van der Waals surface area contributed by atoms with Crippen molar-refractivity contribution in [3.63, 3.8) is 0 Å². The van der Waals surface area contributed by atoms with Gasteiger partial charge >= 0.3 is 0 Å². The van der Waals surface area contributed by atoms with Gasteiger partial charge in [-0.25, -0.2) is 0 Å². The van der Waals surface area contributed by atoms with Crippen molar-refractivity contribution in [2.75, 3.05) is 11.9 Å². The third kappa shape index (κ3) is 4.04. The molecule has 0 aliphatic heterocycles. The zero-order valence-corrected chi connectivity index (χ0v) is 8.03. The number of anilines is 1. The largest absolute Gasteiger partial charge is 0.363 e. The van der Waals surface area contributed by atoms with E-state index in [9.17, 15) is 4.79 Å². The second-order valence-corrected chi connectivity index (χ2v) is 3.06. The van der Waals surface area contributed by atoms with Gasteiger partial charge in [-0.2, -0.15) is 0 Å². The maximum Gasteiger partial charge on any atom is 0.224 e. The first-order chi connectivity index (χ1) is 6.83. The van der Waals surface area contributed by atoms with Crippen LogP contribution in [-0.4, -0.2) is 17.6 Å². The van der Waals surface area contributed by atoms with Crippen LogP contribution in [0.5, 0.6) is 0 Å². The van der Waals surface area contributed by atoms with Crippen LogP contribution in [0.15, 0.2) is 17.0 Å². The van der Waals surface area contributed by atoms with Crippen LogP contribution < -0.4 is 11.1 Å². The van der Waals surface area contributed by atoms with Gasteiger partial charge in [-0.3, -0.25) is 4.79 Å². The van der Waals surface area contributed by atoms with E-state index in [1.54, 1.807) is 0 Å². The lowest BCUT2D eigenvalue weighted by atomic mass is 10.2. The van der Waals surface area contributed by atoms with Gasteiger partial charge in [0, 0.05) is 6.42 Å². The minimum Gasteiger partial charge on any atom is -0.363 e. The molecule has 1 amide bonds. The predicted octanol–water partition coefficient (Wildman–Crippen LogP) is 1.13. The summed E-state index contributed by atoms with van der Waals surface area (Å²) in [5.41, 5.74) is 5.94. The number of amides is 1. The molecule has 0 fully saturated rings. The molecule has 1 heterocycles. The van der Waals surface area contributed by atoms with Crippen molar-refractivity contribution in [3.05, 3.63) is 12.5 Å². The van der Waals surface area contributed by atoms with Gasteiger partial charge in [0.2, 0.25) is 5.91 Å². The Morgan fingerprint density at radius 1 is 1.50 bits per heavy atom. The molecule has 0 atom stereocenters. The molecular weight excluding hydrogens is 182 g/mol. The highest BCUT2D eigenvalue weighted by Crippen LogP contribution is 2.06. The van der Waals surface area contributed by atoms with Crippen LogP contribution in [0, 0.1) is 0 Å². The highest BCUT2D eigenvalue weighted by atomic mass is 16.5. The van der Waals surface area contributed by atoms with Crippen molar-refractivity contribution < 1.29 is 9.32 Å². The van der Waals surface area contributed by atoms with E-state index < -0.39 is 0 Å². The van der Waals surface area contributed by atoms with Crippen molar-refractivity contribution >= 4 is 11.6 Å². The molecule has 0 aliphatic carbocycles. The van der Waals surface area contributed by atoms with Gasteiger partial charge in [-0.1, -0.05) is 11.6 Å². The first-order valence-corrected chi connectivity index (χ1v) is 4.72. The number of hydrogen-bond acceptors (Lipinski definition) is 4. The highest BCUT2D eigenvalue weighted by Gasteiger charge is 2.02. The minimum absolute atomic E-state index is 0.00905. The monoisotopic (exact) mass is 197 g/mol. The predicted molar refractivity (Wildman–Crippen MR) is 52.7 cm³/mol. The smallest absolute Gasteiger partial charge is 0.224 e. The fraction of sp³-hybridized carbons (Fsp3) is 0.556. The second kappa shape index (κ2) is 6.15. The molecule has 3 N–H and O–H groups in total. The molecule has 1 aromatic heterocycles. The van der Waals surface area contributed by atoms with E-state index in [1.165, 1.54) is 12.5 Å². The first-order valence-electron chi connectivity index (χ1n) is 4.72. The molecule has 5 nitrogen and oxygen atoms in total. The quantitative estimate of drug-likeness (QED) is 0.670. The van der Waals surface area contributed by atoms with Crippen LogP contribution >= 0.6 is 0 Å². The Hall–Kier alpha value is -1.36. The Morgan fingerprint density at radius 2 is 2.36 bits per heavy atom. The molecule has 14 heavy (non-hydrogen) atoms. The van der Waals surface area contributed by atoms with Crippen molar-refractivity contribution in [1.29, 1.82) is 0 Å². The maximum atomic E-state index is 11.3. The average molecular weight is 197 g/mol. The molecule has 0 aromatic carbocycles. The second-order valence-electron chi connectivity index (χ2n) is 3.06. The zero-order valence-electron chi connectivity index (χ0n) is 8.03. The number of nitrogens with zero attached hydrogens (tertiary/aromatic N) is 1. The van der Waals surface area contributed by atoms with E-state index in [2.05, 4.69) is 15.0 Å². The van der Waals surface area contributed by atoms with E-state index in [0.717, 1.165) is 19.3 Å². The number of unbranched alkanes of at least 4 members (excludes halogenated alkanes) is 2. The molecule has 0 unspecified atom stereocenters. The molecule has 0 saturated heterocycles. The first kappa shape index (κ1) is 10.7. The summed E-state index contributed by atoms with van der Waals surface area (Å²) in [4.78, 5) is 11.3. The van der Waals surface area contributed by atoms with Crippen molar-refractivity contribution in [3.8, 4) is 0 Å². The van der Waals surface area contributed by atoms with E-state index >= 15 is 0 Å². The van der Waals surface area contributed by atoms with E-state index in [4.69, 9.17) is 5.73 Å². The number of rotatable bonds is 6. The van der Waals surface area contributed by atoms with Crippen LogP contribution in [0.4, 0.5) is 5.69 Å². The Kier molecular flexibility index (Phi) is 4.71. The lowest BCUT2D eigenvalue weighted by Crippen LogP contribution is -2.10. The number of aromatic nitrogens is 1. The highest BCUT2D eigenvalue weighted by molar-refractivity contribution is 5.90. The minimum atomic E-state index is -0.00905. The molecular formula is C9H15N3O2. The molecule has 78 valence electrons. The molecule has 0 aliphatic rings. The zero-order chi connectivity index (χ0) is 10.2. The number of nitrogens with one attached hydrogen (secondary N) is 1. The molecule has 1 aromatic rings. The van der Waals surface area contributed by atoms with E-state index in [0.29, 0.717) is 18.7 Å². The van der Waals surface area contributed by atoms with Crippen LogP contribution in [0.25, 0.3) is 0 Å². The summed E-state index contributed by atoms with van der Waals surface area (Å²) in [5, 5.41) is 6.15. The maximum absolute atomic E-state index is 11.3. The summed E-state index contributed by atoms with van der Waals surface area (Å²) in [5.74, 6) is -0.00905. The van der Waals surface area contributed by atoms with Gasteiger partial charge in [-0.15, -0.1) is 0 Å². The summed E-state index contributed by atoms with van der Waals surface area (Å²) in [6.45, 7) is 0.688. The topological polar surface area (TPSA) is 81.2 Å². The van der Waals surface area contributed by atoms with Gasteiger partial charge in [0.1, 0.15) is 12.0 Å². The van der Waals surface area contributed by atoms with Crippen LogP contribution in [0.1, 0.15) is 25.7 Å². The molecule has 1 rings (SSSR count). The van der Waals surface area contributed by atoms with E-state index in [-0.39, 0.29) is 5.91 Å². The molecule has 0 saturated carbocycles. The number of nitrogens with two attached hydrogens (primary N) is 1. The summed E-state index contributed by atoms with van der Waals surface area (Å²) in [6, 6.07) is 0. The van der Waals surface area contributed by atoms with Gasteiger partial charge in [0.15, 0.2) is 0 Å². The normalized spacial score (nSPS) is 10.1. The summed E-state index contributed by atoms with van der Waals surface area (Å²) in [7, 11) is 0. The SMILES string of the molecule is NCCCCCC(=O)Nc1cnoc1. The Balaban J connectivity index is 2.11. The third-order valence-corrected chi connectivity index (χ3v) is 1.82. The molecule has 0 bridgehead atoms. The van der Waals surface area contributed by atoms with Crippen LogP contribution in [0.2, 0.25) is 0 Å². The fourth-order valence-corrected chi connectivity index (χ4v) is 1.10. The lowest BCUT2D eigenvalue weighted by Gasteiger charge is -2.00.